The Labute approximate surface area is 132 Å². The van der Waals surface area contributed by atoms with Gasteiger partial charge in [-0.25, -0.2) is 0 Å². The maximum atomic E-state index is 11.3. The quantitative estimate of drug-likeness (QED) is 0.811. The molecule has 0 atom stereocenters. The molecule has 0 saturated carbocycles. The topological polar surface area (TPSA) is 29.1 Å². The zero-order chi connectivity index (χ0) is 14.5. The molecule has 0 aliphatic rings. The van der Waals surface area contributed by atoms with E-state index in [0.29, 0.717) is 5.69 Å². The molecule has 5 heteroatoms. The first-order chi connectivity index (χ1) is 9.54. The molecule has 0 aromatic heterocycles. The molecule has 104 valence electrons. The van der Waals surface area contributed by atoms with Crippen LogP contribution in [0, 0.1) is 6.92 Å². The fourth-order valence-corrected chi connectivity index (χ4v) is 2.47. The molecule has 1 N–H and O–H groups in total. The Morgan fingerprint density at radius 3 is 2.00 bits per heavy atom. The molecule has 0 unspecified atom stereocenters. The number of nitrogens with one attached hydrogen (secondary N) is 1. The first-order valence-corrected chi connectivity index (χ1v) is 7.67. The number of carbonyl (C=O) groups is 1. The molecule has 0 aliphatic heterocycles. The molecule has 2 aromatic rings. The van der Waals surface area contributed by atoms with Gasteiger partial charge >= 0.3 is 0 Å². The summed E-state index contributed by atoms with van der Waals surface area (Å²) in [5.74, 6) is -0.424. The Balaban J connectivity index is 2.01. The van der Waals surface area contributed by atoms with Gasteiger partial charge in [0, 0.05) is 15.5 Å². The van der Waals surface area contributed by atoms with Crippen LogP contribution in [0.15, 0.2) is 58.3 Å². The lowest BCUT2D eigenvalue weighted by molar-refractivity contribution is -0.114. The zero-order valence-corrected chi connectivity index (χ0v) is 13.1. The summed E-state index contributed by atoms with van der Waals surface area (Å²) < 4.78 is 0. The van der Waals surface area contributed by atoms with Gasteiger partial charge in [0.15, 0.2) is 4.84 Å². The van der Waals surface area contributed by atoms with Gasteiger partial charge in [-0.05, 0) is 43.3 Å². The van der Waals surface area contributed by atoms with E-state index in [1.165, 1.54) is 10.5 Å². The van der Waals surface area contributed by atoms with Crippen molar-refractivity contribution in [2.24, 2.45) is 0 Å². The number of aryl methyl sites for hydroxylation is 1. The van der Waals surface area contributed by atoms with Gasteiger partial charge < -0.3 is 5.32 Å². The molecule has 0 aliphatic carbocycles. The summed E-state index contributed by atoms with van der Waals surface area (Å²) >= 11 is 12.6. The van der Waals surface area contributed by atoms with Crippen molar-refractivity contribution < 1.29 is 4.79 Å². The van der Waals surface area contributed by atoms with E-state index in [0.717, 1.165) is 4.90 Å². The van der Waals surface area contributed by atoms with Gasteiger partial charge in [-0.3, -0.25) is 4.79 Å². The number of amides is 1. The monoisotopic (exact) mass is 325 g/mol. The van der Waals surface area contributed by atoms with Gasteiger partial charge in [-0.1, -0.05) is 52.7 Å². The zero-order valence-electron chi connectivity index (χ0n) is 10.8. The number of anilines is 1. The Hall–Kier alpha value is -1.16. The third-order valence-electron chi connectivity index (χ3n) is 2.58. The highest BCUT2D eigenvalue weighted by Crippen LogP contribution is 2.28. The minimum atomic E-state index is -1.06. The van der Waals surface area contributed by atoms with E-state index < -0.39 is 10.7 Å². The molecule has 0 fully saturated rings. The lowest BCUT2D eigenvalue weighted by Gasteiger charge is -2.07. The van der Waals surface area contributed by atoms with Crippen molar-refractivity contribution in [1.82, 2.24) is 0 Å². The number of halogens is 2. The van der Waals surface area contributed by atoms with Crippen molar-refractivity contribution in [2.45, 2.75) is 21.6 Å². The number of hydrogen-bond acceptors (Lipinski definition) is 2. The maximum absolute atomic E-state index is 11.3. The second-order valence-corrected chi connectivity index (χ2v) is 6.47. The average molecular weight is 326 g/mol. The second kappa shape index (κ2) is 7.02. The van der Waals surface area contributed by atoms with E-state index in [2.05, 4.69) is 36.5 Å². The molecule has 2 rings (SSSR count). The summed E-state index contributed by atoms with van der Waals surface area (Å²) in [4.78, 5) is 12.6. The first kappa shape index (κ1) is 15.2. The van der Waals surface area contributed by atoms with E-state index >= 15 is 0 Å². The summed E-state index contributed by atoms with van der Waals surface area (Å²) in [6.45, 7) is 2.06. The molecule has 0 spiro atoms. The first-order valence-electron chi connectivity index (χ1n) is 5.98. The van der Waals surface area contributed by atoms with Crippen LogP contribution in [0.25, 0.3) is 0 Å². The van der Waals surface area contributed by atoms with Crippen molar-refractivity contribution >= 4 is 46.6 Å². The highest BCUT2D eigenvalue weighted by atomic mass is 35.5. The minimum absolute atomic E-state index is 0.424. The van der Waals surface area contributed by atoms with Crippen LogP contribution in [0.2, 0.25) is 0 Å². The number of benzene rings is 2. The van der Waals surface area contributed by atoms with Gasteiger partial charge in [0.1, 0.15) is 0 Å². The predicted octanol–water partition coefficient (Wildman–Crippen LogP) is 4.89. The van der Waals surface area contributed by atoms with Crippen molar-refractivity contribution in [1.29, 1.82) is 0 Å². The van der Waals surface area contributed by atoms with E-state index in [-0.39, 0.29) is 0 Å². The van der Waals surface area contributed by atoms with Crippen LogP contribution in [0.4, 0.5) is 5.69 Å². The summed E-state index contributed by atoms with van der Waals surface area (Å²) in [6.07, 6.45) is 0. The van der Waals surface area contributed by atoms with E-state index in [4.69, 9.17) is 23.2 Å². The number of rotatable bonds is 4. The smallest absolute Gasteiger partial charge is 0.257 e. The van der Waals surface area contributed by atoms with Gasteiger partial charge in [0.25, 0.3) is 5.91 Å². The number of carbonyl (C=O) groups excluding carboxylic acids is 1. The summed E-state index contributed by atoms with van der Waals surface area (Å²) in [7, 11) is 0. The summed E-state index contributed by atoms with van der Waals surface area (Å²) in [5.41, 5.74) is 1.92. The van der Waals surface area contributed by atoms with Crippen molar-refractivity contribution in [3.8, 4) is 0 Å². The van der Waals surface area contributed by atoms with Crippen molar-refractivity contribution in [2.75, 3.05) is 5.32 Å². The van der Waals surface area contributed by atoms with Gasteiger partial charge in [-0.15, -0.1) is 0 Å². The lowest BCUT2D eigenvalue weighted by atomic mass is 10.2. The van der Waals surface area contributed by atoms with Gasteiger partial charge in [0.05, 0.1) is 0 Å². The Morgan fingerprint density at radius 2 is 1.50 bits per heavy atom. The largest absolute Gasteiger partial charge is 0.324 e. The van der Waals surface area contributed by atoms with Crippen LogP contribution in [-0.2, 0) is 4.79 Å². The third kappa shape index (κ3) is 4.44. The van der Waals surface area contributed by atoms with E-state index in [1.54, 1.807) is 11.8 Å². The molecule has 1 amide bonds. The van der Waals surface area contributed by atoms with E-state index in [1.807, 2.05) is 24.3 Å². The number of hydrogen-bond donors (Lipinski definition) is 1. The number of alkyl halides is 2. The third-order valence-corrected chi connectivity index (χ3v) is 3.99. The van der Waals surface area contributed by atoms with Crippen molar-refractivity contribution in [3.05, 3.63) is 54.1 Å². The van der Waals surface area contributed by atoms with Crippen LogP contribution in [0.3, 0.4) is 0 Å². The highest BCUT2D eigenvalue weighted by Gasteiger charge is 2.11. The molecule has 0 bridgehead atoms. The Morgan fingerprint density at radius 1 is 1.00 bits per heavy atom. The molecule has 0 saturated heterocycles. The predicted molar refractivity (Wildman–Crippen MR) is 85.9 cm³/mol. The second-order valence-electron chi connectivity index (χ2n) is 4.23. The maximum Gasteiger partial charge on any atom is 0.257 e. The molecule has 0 radical (unpaired) electrons. The lowest BCUT2D eigenvalue weighted by Crippen LogP contribution is -2.18. The molecular weight excluding hydrogens is 313 g/mol. The van der Waals surface area contributed by atoms with Gasteiger partial charge in [0.2, 0.25) is 0 Å². The van der Waals surface area contributed by atoms with Crippen LogP contribution >= 0.6 is 35.0 Å². The molecule has 20 heavy (non-hydrogen) atoms. The molecular formula is C15H13Cl2NOS. The summed E-state index contributed by atoms with van der Waals surface area (Å²) in [6, 6.07) is 15.9. The van der Waals surface area contributed by atoms with Crippen LogP contribution in [-0.4, -0.2) is 10.7 Å². The fraction of sp³-hybridized carbons (Fsp3) is 0.133. The molecule has 2 nitrogen and oxygen atoms in total. The SMILES string of the molecule is Cc1ccc(Sc2ccc(NC(=O)C(Cl)Cl)cc2)cc1. The van der Waals surface area contributed by atoms with E-state index in [9.17, 15) is 4.79 Å². The minimum Gasteiger partial charge on any atom is -0.324 e. The highest BCUT2D eigenvalue weighted by molar-refractivity contribution is 7.99. The van der Waals surface area contributed by atoms with Crippen LogP contribution < -0.4 is 5.32 Å². The molecule has 2 aromatic carbocycles. The standard InChI is InChI=1S/C15H13Cl2NOS/c1-10-2-6-12(7-3-10)20-13-8-4-11(5-9-13)18-15(19)14(16)17/h2-9,14H,1H3,(H,18,19). The van der Waals surface area contributed by atoms with Crippen molar-refractivity contribution in [3.63, 3.8) is 0 Å². The Bertz CT molecular complexity index is 582. The Kier molecular flexibility index (Phi) is 5.35. The van der Waals surface area contributed by atoms with Gasteiger partial charge in [-0.2, -0.15) is 0 Å². The fourth-order valence-electron chi connectivity index (χ4n) is 1.55. The summed E-state index contributed by atoms with van der Waals surface area (Å²) in [5, 5.41) is 2.63. The normalized spacial score (nSPS) is 10.6. The van der Waals surface area contributed by atoms with Crippen LogP contribution in [0.1, 0.15) is 5.56 Å². The van der Waals surface area contributed by atoms with Crippen LogP contribution in [0.5, 0.6) is 0 Å². The average Bonchev–Trinajstić information content (AvgIpc) is 2.43. The molecule has 0 heterocycles.